The standard InChI is InChI=1S/C19H32N2O2/c1-8-18(20(7)17(22)13-21(9-2)10-3)23-19-15(5)11-14(4)12-16(19)6/h11-12,18H,8-10,13H2,1-7H3. The molecule has 1 unspecified atom stereocenters. The van der Waals surface area contributed by atoms with E-state index in [2.05, 4.69) is 51.7 Å². The van der Waals surface area contributed by atoms with Crippen molar-refractivity contribution in [3.05, 3.63) is 28.8 Å². The highest BCUT2D eigenvalue weighted by Gasteiger charge is 2.22. The number of ether oxygens (including phenoxy) is 1. The van der Waals surface area contributed by atoms with Gasteiger partial charge in [0, 0.05) is 13.5 Å². The zero-order valence-electron chi connectivity index (χ0n) is 15.8. The number of hydrogen-bond donors (Lipinski definition) is 0. The van der Waals surface area contributed by atoms with Crippen molar-refractivity contribution in [3.63, 3.8) is 0 Å². The third kappa shape index (κ3) is 5.24. The lowest BCUT2D eigenvalue weighted by atomic mass is 10.1. The van der Waals surface area contributed by atoms with Gasteiger partial charge < -0.3 is 9.64 Å². The highest BCUT2D eigenvalue weighted by atomic mass is 16.5. The second-order valence-electron chi connectivity index (χ2n) is 6.17. The minimum absolute atomic E-state index is 0.1000. The summed E-state index contributed by atoms with van der Waals surface area (Å²) in [5, 5.41) is 0. The van der Waals surface area contributed by atoms with E-state index in [1.807, 2.05) is 14.0 Å². The number of benzene rings is 1. The number of hydrogen-bond acceptors (Lipinski definition) is 3. The molecule has 0 aliphatic carbocycles. The lowest BCUT2D eigenvalue weighted by Gasteiger charge is -2.31. The van der Waals surface area contributed by atoms with Gasteiger partial charge >= 0.3 is 0 Å². The number of likely N-dealkylation sites (N-methyl/N-ethyl adjacent to an activating group) is 2. The Bertz CT molecular complexity index is 501. The van der Waals surface area contributed by atoms with Gasteiger partial charge in [-0.05, 0) is 45.0 Å². The van der Waals surface area contributed by atoms with Crippen molar-refractivity contribution in [2.24, 2.45) is 0 Å². The summed E-state index contributed by atoms with van der Waals surface area (Å²) in [6.45, 7) is 14.6. The van der Waals surface area contributed by atoms with Crippen LogP contribution in [0.2, 0.25) is 0 Å². The van der Waals surface area contributed by atoms with Crippen LogP contribution in [-0.4, -0.2) is 48.6 Å². The third-order valence-electron chi connectivity index (χ3n) is 4.29. The zero-order valence-corrected chi connectivity index (χ0v) is 15.8. The van der Waals surface area contributed by atoms with E-state index in [1.54, 1.807) is 4.90 Å². The minimum Gasteiger partial charge on any atom is -0.470 e. The monoisotopic (exact) mass is 320 g/mol. The van der Waals surface area contributed by atoms with Gasteiger partial charge in [-0.1, -0.05) is 38.5 Å². The molecule has 0 aliphatic heterocycles. The molecular formula is C19H32N2O2. The number of nitrogens with zero attached hydrogens (tertiary/aromatic N) is 2. The molecule has 0 N–H and O–H groups in total. The summed E-state index contributed by atoms with van der Waals surface area (Å²) in [5.41, 5.74) is 3.46. The SMILES string of the molecule is CCC(Oc1c(C)cc(C)cc1C)N(C)C(=O)CN(CC)CC. The maximum atomic E-state index is 12.5. The molecule has 0 radical (unpaired) electrons. The molecule has 23 heavy (non-hydrogen) atoms. The molecule has 0 saturated carbocycles. The highest BCUT2D eigenvalue weighted by molar-refractivity contribution is 5.78. The summed E-state index contributed by atoms with van der Waals surface area (Å²) in [4.78, 5) is 16.3. The van der Waals surface area contributed by atoms with Crippen LogP contribution in [-0.2, 0) is 4.79 Å². The average molecular weight is 320 g/mol. The van der Waals surface area contributed by atoms with Crippen LogP contribution in [0.4, 0.5) is 0 Å². The molecule has 1 rings (SSSR count). The van der Waals surface area contributed by atoms with Gasteiger partial charge in [0.2, 0.25) is 5.91 Å². The van der Waals surface area contributed by atoms with E-state index in [1.165, 1.54) is 5.56 Å². The largest absolute Gasteiger partial charge is 0.470 e. The van der Waals surface area contributed by atoms with Crippen LogP contribution in [0.3, 0.4) is 0 Å². The van der Waals surface area contributed by atoms with Gasteiger partial charge in [-0.25, -0.2) is 0 Å². The van der Waals surface area contributed by atoms with Gasteiger partial charge in [-0.3, -0.25) is 9.69 Å². The number of rotatable bonds is 8. The van der Waals surface area contributed by atoms with Crippen LogP contribution in [0, 0.1) is 20.8 Å². The first-order valence-electron chi connectivity index (χ1n) is 8.56. The Labute approximate surface area is 141 Å². The number of amides is 1. The Morgan fingerprint density at radius 3 is 2.04 bits per heavy atom. The molecule has 0 fully saturated rings. The molecule has 1 amide bonds. The molecule has 0 saturated heterocycles. The Hall–Kier alpha value is -1.55. The van der Waals surface area contributed by atoms with Gasteiger partial charge in [0.05, 0.1) is 6.54 Å². The van der Waals surface area contributed by atoms with Gasteiger partial charge in [0.25, 0.3) is 0 Å². The quantitative estimate of drug-likeness (QED) is 0.687. The van der Waals surface area contributed by atoms with Crippen LogP contribution in [0.1, 0.15) is 43.9 Å². The van der Waals surface area contributed by atoms with Crippen molar-refractivity contribution >= 4 is 5.91 Å². The fourth-order valence-corrected chi connectivity index (χ4v) is 2.84. The first kappa shape index (κ1) is 19.5. The zero-order chi connectivity index (χ0) is 17.6. The van der Waals surface area contributed by atoms with Crippen molar-refractivity contribution in [2.45, 2.75) is 54.2 Å². The fourth-order valence-electron chi connectivity index (χ4n) is 2.84. The fraction of sp³-hybridized carbons (Fsp3) is 0.632. The minimum atomic E-state index is -0.238. The van der Waals surface area contributed by atoms with E-state index in [9.17, 15) is 4.79 Å². The molecular weight excluding hydrogens is 288 g/mol. The van der Waals surface area contributed by atoms with Crippen LogP contribution in [0.25, 0.3) is 0 Å². The average Bonchev–Trinajstić information content (AvgIpc) is 2.51. The molecule has 4 nitrogen and oxygen atoms in total. The van der Waals surface area contributed by atoms with Crippen molar-refractivity contribution in [2.75, 3.05) is 26.7 Å². The molecule has 1 atom stereocenters. The van der Waals surface area contributed by atoms with Crippen LogP contribution >= 0.6 is 0 Å². The van der Waals surface area contributed by atoms with Crippen LogP contribution < -0.4 is 4.74 Å². The summed E-state index contributed by atoms with van der Waals surface area (Å²) >= 11 is 0. The summed E-state index contributed by atoms with van der Waals surface area (Å²) in [6, 6.07) is 4.24. The summed E-state index contributed by atoms with van der Waals surface area (Å²) in [7, 11) is 1.83. The third-order valence-corrected chi connectivity index (χ3v) is 4.29. The van der Waals surface area contributed by atoms with E-state index < -0.39 is 0 Å². The van der Waals surface area contributed by atoms with Gasteiger partial charge in [0.1, 0.15) is 5.75 Å². The molecule has 1 aromatic rings. The van der Waals surface area contributed by atoms with Crippen LogP contribution in [0.5, 0.6) is 5.75 Å². The van der Waals surface area contributed by atoms with Gasteiger partial charge in [-0.15, -0.1) is 0 Å². The predicted octanol–water partition coefficient (Wildman–Crippen LogP) is 3.53. The predicted molar refractivity (Wildman–Crippen MR) is 95.9 cm³/mol. The van der Waals surface area contributed by atoms with E-state index in [0.717, 1.165) is 36.4 Å². The van der Waals surface area contributed by atoms with E-state index >= 15 is 0 Å². The Kier molecular flexibility index (Phi) is 7.56. The Balaban J connectivity index is 2.86. The number of carbonyl (C=O) groups is 1. The maximum Gasteiger partial charge on any atom is 0.239 e. The summed E-state index contributed by atoms with van der Waals surface area (Å²) in [6.07, 6.45) is 0.519. The first-order valence-corrected chi connectivity index (χ1v) is 8.56. The smallest absolute Gasteiger partial charge is 0.239 e. The second kappa shape index (κ2) is 8.92. The lowest BCUT2D eigenvalue weighted by molar-refractivity contribution is -0.138. The van der Waals surface area contributed by atoms with Crippen LogP contribution in [0.15, 0.2) is 12.1 Å². The molecule has 1 aromatic carbocycles. The van der Waals surface area contributed by atoms with E-state index in [-0.39, 0.29) is 12.1 Å². The van der Waals surface area contributed by atoms with Crippen molar-refractivity contribution < 1.29 is 9.53 Å². The molecule has 130 valence electrons. The molecule has 4 heteroatoms. The topological polar surface area (TPSA) is 32.8 Å². The highest BCUT2D eigenvalue weighted by Crippen LogP contribution is 2.26. The summed E-state index contributed by atoms with van der Waals surface area (Å²) < 4.78 is 6.20. The van der Waals surface area contributed by atoms with Crippen molar-refractivity contribution in [1.82, 2.24) is 9.80 Å². The number of carbonyl (C=O) groups excluding carboxylic acids is 1. The van der Waals surface area contributed by atoms with Crippen molar-refractivity contribution in [1.29, 1.82) is 0 Å². The van der Waals surface area contributed by atoms with Gasteiger partial charge in [-0.2, -0.15) is 0 Å². The summed E-state index contributed by atoms with van der Waals surface area (Å²) in [5.74, 6) is 0.993. The first-order chi connectivity index (χ1) is 10.8. The normalized spacial score (nSPS) is 12.3. The molecule has 0 aliphatic rings. The van der Waals surface area contributed by atoms with E-state index in [0.29, 0.717) is 6.54 Å². The molecule has 0 bridgehead atoms. The second-order valence-corrected chi connectivity index (χ2v) is 6.17. The van der Waals surface area contributed by atoms with Crippen molar-refractivity contribution in [3.8, 4) is 5.75 Å². The Morgan fingerprint density at radius 1 is 1.09 bits per heavy atom. The Morgan fingerprint density at radius 2 is 1.61 bits per heavy atom. The molecule has 0 spiro atoms. The molecule has 0 aromatic heterocycles. The lowest BCUT2D eigenvalue weighted by Crippen LogP contribution is -2.45. The van der Waals surface area contributed by atoms with E-state index in [4.69, 9.17) is 4.74 Å². The number of aryl methyl sites for hydroxylation is 3. The van der Waals surface area contributed by atoms with Gasteiger partial charge in [0.15, 0.2) is 6.23 Å². The molecule has 0 heterocycles. The maximum absolute atomic E-state index is 12.5.